The van der Waals surface area contributed by atoms with E-state index in [9.17, 15) is 4.79 Å². The van der Waals surface area contributed by atoms with Crippen molar-refractivity contribution in [3.8, 4) is 11.5 Å². The smallest absolute Gasteiger partial charge is 0.349 e. The van der Waals surface area contributed by atoms with Gasteiger partial charge < -0.3 is 14.2 Å². The molecule has 1 aromatic rings. The molecular formula is C18H22Cl2O4. The van der Waals surface area contributed by atoms with Gasteiger partial charge in [0.05, 0.1) is 16.7 Å². The first-order chi connectivity index (χ1) is 11.4. The molecule has 0 spiro atoms. The number of rotatable bonds is 4. The SMILES string of the molecule is CC1(C)OC(=O)c2c(OCCC3CCCCC3)c(Cl)cc(Cl)c2O1. The Morgan fingerprint density at radius 2 is 1.88 bits per heavy atom. The van der Waals surface area contributed by atoms with Gasteiger partial charge in [-0.05, 0) is 18.4 Å². The Kier molecular flexibility index (Phi) is 5.16. The molecule has 0 N–H and O–H groups in total. The molecule has 0 amide bonds. The maximum absolute atomic E-state index is 12.4. The fraction of sp³-hybridized carbons (Fsp3) is 0.611. The predicted octanol–water partition coefficient (Wildman–Crippen LogP) is 5.63. The largest absolute Gasteiger partial charge is 0.491 e. The quantitative estimate of drug-likeness (QED) is 0.642. The van der Waals surface area contributed by atoms with Crippen molar-refractivity contribution < 1.29 is 19.0 Å². The van der Waals surface area contributed by atoms with Crippen LogP contribution in [0, 0.1) is 5.92 Å². The van der Waals surface area contributed by atoms with Gasteiger partial charge in [-0.15, -0.1) is 0 Å². The van der Waals surface area contributed by atoms with Crippen LogP contribution in [0.4, 0.5) is 0 Å². The summed E-state index contributed by atoms with van der Waals surface area (Å²) in [5.74, 6) is -0.343. The number of benzene rings is 1. The lowest BCUT2D eigenvalue weighted by Gasteiger charge is -2.33. The van der Waals surface area contributed by atoms with Gasteiger partial charge in [0.2, 0.25) is 5.79 Å². The average Bonchev–Trinajstić information content (AvgIpc) is 2.51. The standard InChI is InChI=1S/C18H22Cl2O4/c1-18(2)23-16-13(20)10-12(19)15(14(16)17(21)24-18)22-9-8-11-6-4-3-5-7-11/h10-11H,3-9H2,1-2H3. The molecule has 0 aromatic heterocycles. The number of ether oxygens (including phenoxy) is 3. The minimum atomic E-state index is -1.07. The number of hydrogen-bond donors (Lipinski definition) is 0. The van der Waals surface area contributed by atoms with Crippen LogP contribution in [0.25, 0.3) is 0 Å². The van der Waals surface area contributed by atoms with E-state index in [0.717, 1.165) is 6.42 Å². The summed E-state index contributed by atoms with van der Waals surface area (Å²) in [7, 11) is 0. The summed E-state index contributed by atoms with van der Waals surface area (Å²) in [4.78, 5) is 12.4. The fourth-order valence-corrected chi connectivity index (χ4v) is 3.91. The molecule has 0 atom stereocenters. The van der Waals surface area contributed by atoms with E-state index in [2.05, 4.69) is 0 Å². The molecule has 6 heteroatoms. The summed E-state index contributed by atoms with van der Waals surface area (Å²) >= 11 is 12.4. The van der Waals surface area contributed by atoms with E-state index in [1.54, 1.807) is 19.9 Å². The van der Waals surface area contributed by atoms with E-state index in [0.29, 0.717) is 23.3 Å². The van der Waals surface area contributed by atoms with E-state index in [1.165, 1.54) is 32.1 Å². The van der Waals surface area contributed by atoms with E-state index in [4.69, 9.17) is 37.4 Å². The average molecular weight is 373 g/mol. The Morgan fingerprint density at radius 3 is 2.58 bits per heavy atom. The van der Waals surface area contributed by atoms with Gasteiger partial charge >= 0.3 is 5.97 Å². The van der Waals surface area contributed by atoms with Crippen LogP contribution < -0.4 is 9.47 Å². The number of fused-ring (bicyclic) bond motifs is 1. The molecule has 1 saturated carbocycles. The van der Waals surface area contributed by atoms with Gasteiger partial charge in [-0.2, -0.15) is 0 Å². The topological polar surface area (TPSA) is 44.8 Å². The van der Waals surface area contributed by atoms with Gasteiger partial charge in [-0.1, -0.05) is 55.3 Å². The maximum atomic E-state index is 12.4. The Hall–Kier alpha value is -1.13. The molecular weight excluding hydrogens is 351 g/mol. The Morgan fingerprint density at radius 1 is 1.17 bits per heavy atom. The van der Waals surface area contributed by atoms with Crippen molar-refractivity contribution in [3.63, 3.8) is 0 Å². The van der Waals surface area contributed by atoms with Crippen molar-refractivity contribution in [2.24, 2.45) is 5.92 Å². The van der Waals surface area contributed by atoms with E-state index in [-0.39, 0.29) is 16.3 Å². The van der Waals surface area contributed by atoms with Crippen LogP contribution in [0.2, 0.25) is 10.0 Å². The summed E-state index contributed by atoms with van der Waals surface area (Å²) < 4.78 is 16.8. The minimum Gasteiger partial charge on any atom is -0.491 e. The van der Waals surface area contributed by atoms with Crippen molar-refractivity contribution >= 4 is 29.2 Å². The van der Waals surface area contributed by atoms with Crippen LogP contribution in [0.15, 0.2) is 6.07 Å². The molecule has 24 heavy (non-hydrogen) atoms. The highest BCUT2D eigenvalue weighted by Gasteiger charge is 2.38. The number of cyclic esters (lactones) is 1. The molecule has 0 radical (unpaired) electrons. The predicted molar refractivity (Wildman–Crippen MR) is 93.3 cm³/mol. The highest BCUT2D eigenvalue weighted by atomic mass is 35.5. The van der Waals surface area contributed by atoms with Crippen LogP contribution in [0.1, 0.15) is 62.7 Å². The minimum absolute atomic E-state index is 0.176. The second-order valence-electron chi connectivity index (χ2n) is 6.91. The highest BCUT2D eigenvalue weighted by Crippen LogP contribution is 2.46. The van der Waals surface area contributed by atoms with E-state index < -0.39 is 11.8 Å². The van der Waals surface area contributed by atoms with Crippen LogP contribution in [-0.4, -0.2) is 18.4 Å². The van der Waals surface area contributed by atoms with Crippen molar-refractivity contribution in [3.05, 3.63) is 21.7 Å². The number of halogens is 2. The first-order valence-corrected chi connectivity index (χ1v) is 9.20. The molecule has 1 aliphatic carbocycles. The molecule has 0 unspecified atom stereocenters. The third-order valence-corrected chi connectivity index (χ3v) is 5.09. The van der Waals surface area contributed by atoms with Gasteiger partial charge in [0.25, 0.3) is 0 Å². The lowest BCUT2D eigenvalue weighted by molar-refractivity contribution is -0.127. The second-order valence-corrected chi connectivity index (χ2v) is 7.72. The number of hydrogen-bond acceptors (Lipinski definition) is 4. The number of carbonyl (C=O) groups excluding carboxylic acids is 1. The zero-order chi connectivity index (χ0) is 17.3. The third kappa shape index (κ3) is 3.75. The first-order valence-electron chi connectivity index (χ1n) is 8.44. The third-order valence-electron chi connectivity index (χ3n) is 4.53. The highest BCUT2D eigenvalue weighted by molar-refractivity contribution is 6.37. The summed E-state index contributed by atoms with van der Waals surface area (Å²) in [6.07, 6.45) is 7.35. The molecule has 2 aliphatic rings. The maximum Gasteiger partial charge on any atom is 0.349 e. The molecule has 1 fully saturated rings. The van der Waals surface area contributed by atoms with Crippen molar-refractivity contribution in [2.75, 3.05) is 6.61 Å². The summed E-state index contributed by atoms with van der Waals surface area (Å²) in [6, 6.07) is 1.55. The van der Waals surface area contributed by atoms with Gasteiger partial charge in [-0.3, -0.25) is 0 Å². The monoisotopic (exact) mass is 372 g/mol. The summed E-state index contributed by atoms with van der Waals surface area (Å²) in [5.41, 5.74) is 0.176. The Balaban J connectivity index is 1.79. The van der Waals surface area contributed by atoms with Crippen molar-refractivity contribution in [1.82, 2.24) is 0 Å². The van der Waals surface area contributed by atoms with Gasteiger partial charge in [0.1, 0.15) is 5.56 Å². The van der Waals surface area contributed by atoms with Gasteiger partial charge in [0, 0.05) is 13.8 Å². The van der Waals surface area contributed by atoms with Crippen LogP contribution >= 0.6 is 23.2 Å². The normalized spacial score (nSPS) is 20.1. The van der Waals surface area contributed by atoms with Crippen LogP contribution in [-0.2, 0) is 4.74 Å². The summed E-state index contributed by atoms with van der Waals surface area (Å²) in [5, 5.41) is 0.571. The van der Waals surface area contributed by atoms with E-state index >= 15 is 0 Å². The van der Waals surface area contributed by atoms with Gasteiger partial charge in [-0.25, -0.2) is 4.79 Å². The van der Waals surface area contributed by atoms with Gasteiger partial charge in [0.15, 0.2) is 11.5 Å². The zero-order valence-electron chi connectivity index (χ0n) is 14.0. The lowest BCUT2D eigenvalue weighted by atomic mass is 9.87. The van der Waals surface area contributed by atoms with E-state index in [1.807, 2.05) is 0 Å². The number of carbonyl (C=O) groups is 1. The summed E-state index contributed by atoms with van der Waals surface area (Å²) in [6.45, 7) is 3.82. The first kappa shape index (κ1) is 17.7. The van der Waals surface area contributed by atoms with Crippen molar-refractivity contribution in [1.29, 1.82) is 0 Å². The number of esters is 1. The second kappa shape index (κ2) is 7.01. The molecule has 4 nitrogen and oxygen atoms in total. The van der Waals surface area contributed by atoms with Crippen LogP contribution in [0.5, 0.6) is 11.5 Å². The molecule has 0 saturated heterocycles. The van der Waals surface area contributed by atoms with Crippen molar-refractivity contribution in [2.45, 2.75) is 58.2 Å². The molecule has 1 aliphatic heterocycles. The fourth-order valence-electron chi connectivity index (χ4n) is 3.35. The zero-order valence-corrected chi connectivity index (χ0v) is 15.5. The Bertz CT molecular complexity index is 636. The molecule has 1 heterocycles. The molecule has 0 bridgehead atoms. The molecule has 132 valence electrons. The molecule has 3 rings (SSSR count). The van der Waals surface area contributed by atoms with Crippen LogP contribution in [0.3, 0.4) is 0 Å². The lowest BCUT2D eigenvalue weighted by Crippen LogP contribution is -2.39. The molecule has 1 aromatic carbocycles. The Labute approximate surface area is 152 Å².